The van der Waals surface area contributed by atoms with Crippen molar-refractivity contribution in [2.24, 2.45) is 0 Å². The van der Waals surface area contributed by atoms with Crippen LogP contribution in [-0.4, -0.2) is 75.4 Å². The van der Waals surface area contributed by atoms with Crippen LogP contribution in [0.25, 0.3) is 5.57 Å². The molecule has 1 heterocycles. The third-order valence-corrected chi connectivity index (χ3v) is 6.48. The molecule has 0 bridgehead atoms. The van der Waals surface area contributed by atoms with Crippen molar-refractivity contribution in [1.82, 2.24) is 9.80 Å². The van der Waals surface area contributed by atoms with Crippen molar-refractivity contribution < 1.29 is 19.1 Å². The molecule has 0 unspecified atom stereocenters. The van der Waals surface area contributed by atoms with Gasteiger partial charge in [0.2, 0.25) is 0 Å². The molecule has 1 N–H and O–H groups in total. The fourth-order valence-electron chi connectivity index (χ4n) is 4.49. The third kappa shape index (κ3) is 6.93. The maximum atomic E-state index is 12.8. The number of hydrogen-bond donors (Lipinski definition) is 1. The summed E-state index contributed by atoms with van der Waals surface area (Å²) < 4.78 is 10.0. The summed E-state index contributed by atoms with van der Waals surface area (Å²) in [4.78, 5) is 28.8. The molecule has 0 saturated carbocycles. The van der Waals surface area contributed by atoms with E-state index in [0.29, 0.717) is 24.3 Å². The van der Waals surface area contributed by atoms with Crippen LogP contribution in [-0.2, 0) is 9.47 Å². The van der Waals surface area contributed by atoms with Gasteiger partial charge in [0, 0.05) is 51.1 Å². The summed E-state index contributed by atoms with van der Waals surface area (Å²) >= 11 is 0. The van der Waals surface area contributed by atoms with Crippen molar-refractivity contribution in [3.05, 3.63) is 70.8 Å². The molecule has 0 radical (unpaired) electrons. The Balaban J connectivity index is 1.96. The van der Waals surface area contributed by atoms with Gasteiger partial charge in [-0.25, -0.2) is 4.79 Å². The van der Waals surface area contributed by atoms with Crippen molar-refractivity contribution >= 4 is 23.3 Å². The molecule has 1 saturated heterocycles. The van der Waals surface area contributed by atoms with Gasteiger partial charge >= 0.3 is 6.09 Å². The first-order valence-corrected chi connectivity index (χ1v) is 12.3. The van der Waals surface area contributed by atoms with Gasteiger partial charge < -0.3 is 19.3 Å². The number of methoxy groups -OCH3 is 2. The predicted molar refractivity (Wildman–Crippen MR) is 140 cm³/mol. The standard InChI is InChI=1S/C28H37N3O4/c1-5-31(6-2)27(32)23-12-10-21(11-13-23)26(22-14-16-30(17-15-22)18-19-34-3)24-8-7-9-25(20-24)29-28(33)35-4/h7-13,20H,5-6,14-19H2,1-4H3,(H,29,33). The number of carbonyl (C=O) groups is 2. The highest BCUT2D eigenvalue weighted by Gasteiger charge is 2.20. The molecule has 35 heavy (non-hydrogen) atoms. The molecule has 1 aliphatic rings. The Labute approximate surface area is 208 Å². The van der Waals surface area contributed by atoms with Crippen LogP contribution in [0, 0.1) is 0 Å². The van der Waals surface area contributed by atoms with Crippen LogP contribution in [0.5, 0.6) is 0 Å². The molecule has 0 spiro atoms. The Morgan fingerprint density at radius 1 is 0.943 bits per heavy atom. The third-order valence-electron chi connectivity index (χ3n) is 6.48. The molecule has 2 amide bonds. The minimum atomic E-state index is -0.498. The van der Waals surface area contributed by atoms with E-state index in [0.717, 1.165) is 55.8 Å². The highest BCUT2D eigenvalue weighted by Crippen LogP contribution is 2.33. The summed E-state index contributed by atoms with van der Waals surface area (Å²) in [6.45, 7) is 8.97. The van der Waals surface area contributed by atoms with E-state index in [9.17, 15) is 9.59 Å². The molecule has 2 aromatic rings. The first-order valence-electron chi connectivity index (χ1n) is 12.3. The lowest BCUT2D eigenvalue weighted by molar-refractivity contribution is 0.0773. The van der Waals surface area contributed by atoms with Crippen LogP contribution < -0.4 is 5.32 Å². The van der Waals surface area contributed by atoms with Crippen molar-refractivity contribution in [2.45, 2.75) is 26.7 Å². The van der Waals surface area contributed by atoms with Gasteiger partial charge in [-0.1, -0.05) is 29.8 Å². The summed E-state index contributed by atoms with van der Waals surface area (Å²) in [5.41, 5.74) is 6.00. The Hall–Kier alpha value is -3.16. The maximum Gasteiger partial charge on any atom is 0.411 e. The van der Waals surface area contributed by atoms with Gasteiger partial charge in [-0.3, -0.25) is 10.1 Å². The van der Waals surface area contributed by atoms with E-state index in [2.05, 4.69) is 16.3 Å². The average Bonchev–Trinajstić information content (AvgIpc) is 2.89. The second-order valence-electron chi connectivity index (χ2n) is 8.57. The predicted octanol–water partition coefficient (Wildman–Crippen LogP) is 4.89. The number of nitrogens with one attached hydrogen (secondary N) is 1. The Morgan fingerprint density at radius 2 is 1.60 bits per heavy atom. The van der Waals surface area contributed by atoms with Crippen molar-refractivity contribution in [1.29, 1.82) is 0 Å². The number of likely N-dealkylation sites (tertiary alicyclic amines) is 1. The minimum absolute atomic E-state index is 0.0477. The number of hydrogen-bond acceptors (Lipinski definition) is 5. The van der Waals surface area contributed by atoms with Gasteiger partial charge in [0.25, 0.3) is 5.91 Å². The van der Waals surface area contributed by atoms with Crippen LogP contribution >= 0.6 is 0 Å². The average molecular weight is 480 g/mol. The van der Waals surface area contributed by atoms with E-state index in [4.69, 9.17) is 9.47 Å². The van der Waals surface area contributed by atoms with Crippen molar-refractivity contribution in [3.63, 3.8) is 0 Å². The van der Waals surface area contributed by atoms with Gasteiger partial charge in [0.1, 0.15) is 0 Å². The fourth-order valence-corrected chi connectivity index (χ4v) is 4.49. The summed E-state index contributed by atoms with van der Waals surface area (Å²) in [6, 6.07) is 15.7. The zero-order chi connectivity index (χ0) is 25.2. The summed E-state index contributed by atoms with van der Waals surface area (Å²) in [6.07, 6.45) is 1.41. The highest BCUT2D eigenvalue weighted by molar-refractivity contribution is 5.95. The number of ether oxygens (including phenoxy) is 2. The van der Waals surface area contributed by atoms with Crippen LogP contribution in [0.3, 0.4) is 0 Å². The topological polar surface area (TPSA) is 71.1 Å². The van der Waals surface area contributed by atoms with Gasteiger partial charge in [0.15, 0.2) is 0 Å². The molecule has 3 rings (SSSR count). The molecule has 0 aliphatic carbocycles. The van der Waals surface area contributed by atoms with Crippen molar-refractivity contribution in [3.8, 4) is 0 Å². The van der Waals surface area contributed by atoms with Crippen molar-refractivity contribution in [2.75, 3.05) is 58.9 Å². The van der Waals surface area contributed by atoms with E-state index in [-0.39, 0.29) is 5.91 Å². The van der Waals surface area contributed by atoms with E-state index < -0.39 is 6.09 Å². The van der Waals surface area contributed by atoms with Crippen LogP contribution in [0.4, 0.5) is 10.5 Å². The number of nitrogens with zero attached hydrogens (tertiary/aromatic N) is 2. The normalized spacial score (nSPS) is 13.9. The highest BCUT2D eigenvalue weighted by atomic mass is 16.5. The molecule has 0 atom stereocenters. The zero-order valence-corrected chi connectivity index (χ0v) is 21.3. The number of carbonyl (C=O) groups excluding carboxylic acids is 2. The summed E-state index contributed by atoms with van der Waals surface area (Å²) in [5.74, 6) is 0.0477. The number of amides is 2. The van der Waals surface area contributed by atoms with E-state index in [1.807, 2.05) is 61.2 Å². The van der Waals surface area contributed by atoms with E-state index in [1.54, 1.807) is 7.11 Å². The lowest BCUT2D eigenvalue weighted by Gasteiger charge is -2.30. The largest absolute Gasteiger partial charge is 0.453 e. The Kier molecular flexibility index (Phi) is 9.87. The van der Waals surface area contributed by atoms with E-state index >= 15 is 0 Å². The van der Waals surface area contributed by atoms with E-state index in [1.165, 1.54) is 12.7 Å². The lowest BCUT2D eigenvalue weighted by atomic mass is 9.88. The first kappa shape index (κ1) is 26.4. The molecule has 1 aliphatic heterocycles. The van der Waals surface area contributed by atoms with Crippen LogP contribution in [0.1, 0.15) is 48.2 Å². The molecule has 7 nitrogen and oxygen atoms in total. The quantitative estimate of drug-likeness (QED) is 0.554. The smallest absolute Gasteiger partial charge is 0.411 e. The van der Waals surface area contributed by atoms with Gasteiger partial charge in [-0.05, 0) is 67.7 Å². The fraction of sp³-hybridized carbons (Fsp3) is 0.429. The molecule has 2 aromatic carbocycles. The lowest BCUT2D eigenvalue weighted by Crippen LogP contribution is -2.33. The molecule has 7 heteroatoms. The maximum absolute atomic E-state index is 12.8. The molecule has 1 fully saturated rings. The molecule has 0 aromatic heterocycles. The second kappa shape index (κ2) is 13.1. The SMILES string of the molecule is CCN(CC)C(=O)c1ccc(C(=C2CCN(CCOC)CC2)c2cccc(NC(=O)OC)c2)cc1. The Morgan fingerprint density at radius 3 is 2.20 bits per heavy atom. The second-order valence-corrected chi connectivity index (χ2v) is 8.57. The first-order chi connectivity index (χ1) is 17.0. The number of benzene rings is 2. The van der Waals surface area contributed by atoms with Gasteiger partial charge in [-0.15, -0.1) is 0 Å². The number of piperidine rings is 1. The summed E-state index contributed by atoms with van der Waals surface area (Å²) in [7, 11) is 3.09. The number of rotatable bonds is 9. The summed E-state index contributed by atoms with van der Waals surface area (Å²) in [5, 5.41) is 2.76. The van der Waals surface area contributed by atoms with Gasteiger partial charge in [-0.2, -0.15) is 0 Å². The van der Waals surface area contributed by atoms with Crippen LogP contribution in [0.2, 0.25) is 0 Å². The minimum Gasteiger partial charge on any atom is -0.453 e. The molecular weight excluding hydrogens is 442 g/mol. The Bertz CT molecular complexity index is 1020. The molecule has 188 valence electrons. The monoisotopic (exact) mass is 479 g/mol. The van der Waals surface area contributed by atoms with Crippen LogP contribution in [0.15, 0.2) is 54.1 Å². The van der Waals surface area contributed by atoms with Gasteiger partial charge in [0.05, 0.1) is 13.7 Å². The zero-order valence-electron chi connectivity index (χ0n) is 21.3. The number of anilines is 1. The molecular formula is C28H37N3O4.